The second-order valence-corrected chi connectivity index (χ2v) is 3.09. The van der Waals surface area contributed by atoms with Gasteiger partial charge in [0, 0.05) is 6.54 Å². The number of rotatable bonds is 4. The van der Waals surface area contributed by atoms with Crippen LogP contribution in [0.15, 0.2) is 18.2 Å². The molecule has 74 valence electrons. The van der Waals surface area contributed by atoms with Crippen LogP contribution in [-0.2, 0) is 6.54 Å². The third-order valence-corrected chi connectivity index (χ3v) is 1.93. The Morgan fingerprint density at radius 1 is 1.50 bits per heavy atom. The van der Waals surface area contributed by atoms with E-state index < -0.39 is 0 Å². The van der Waals surface area contributed by atoms with Crippen LogP contribution >= 0.6 is 0 Å². The molecule has 0 radical (unpaired) electrons. The van der Waals surface area contributed by atoms with E-state index in [2.05, 4.69) is 12.2 Å². The second-order valence-electron chi connectivity index (χ2n) is 3.09. The summed E-state index contributed by atoms with van der Waals surface area (Å²) in [4.78, 5) is 0. The number of halogens is 1. The van der Waals surface area contributed by atoms with Crippen molar-refractivity contribution in [3.05, 3.63) is 35.1 Å². The summed E-state index contributed by atoms with van der Waals surface area (Å²) in [6.07, 6.45) is 1.04. The van der Waals surface area contributed by atoms with Crippen LogP contribution < -0.4 is 5.32 Å². The molecule has 0 atom stereocenters. The Kier molecular flexibility index (Phi) is 4.09. The van der Waals surface area contributed by atoms with Gasteiger partial charge < -0.3 is 5.32 Å². The second kappa shape index (κ2) is 5.36. The molecule has 0 aliphatic carbocycles. The van der Waals surface area contributed by atoms with Crippen LogP contribution in [0.5, 0.6) is 0 Å². The molecular formula is C11H13FN2. The van der Waals surface area contributed by atoms with Gasteiger partial charge in [-0.05, 0) is 30.7 Å². The average Bonchev–Trinajstić information content (AvgIpc) is 2.20. The minimum atomic E-state index is -0.360. The maximum absolute atomic E-state index is 12.8. The first kappa shape index (κ1) is 10.7. The van der Waals surface area contributed by atoms with Gasteiger partial charge in [0.25, 0.3) is 0 Å². The van der Waals surface area contributed by atoms with Gasteiger partial charge >= 0.3 is 0 Å². The fourth-order valence-electron chi connectivity index (χ4n) is 1.21. The minimum Gasteiger partial charge on any atom is -0.313 e. The lowest BCUT2D eigenvalue weighted by Gasteiger charge is -2.04. The molecule has 0 saturated carbocycles. The van der Waals surface area contributed by atoms with Crippen LogP contribution in [0.2, 0.25) is 0 Å². The maximum atomic E-state index is 12.8. The lowest BCUT2D eigenvalue weighted by Crippen LogP contribution is -2.14. The monoisotopic (exact) mass is 192 g/mol. The third-order valence-electron chi connectivity index (χ3n) is 1.93. The van der Waals surface area contributed by atoms with E-state index in [4.69, 9.17) is 5.26 Å². The highest BCUT2D eigenvalue weighted by molar-refractivity contribution is 5.37. The van der Waals surface area contributed by atoms with E-state index in [0.29, 0.717) is 12.1 Å². The molecular weight excluding hydrogens is 179 g/mol. The Morgan fingerprint density at radius 3 is 2.93 bits per heavy atom. The number of benzene rings is 1. The molecule has 0 unspecified atom stereocenters. The van der Waals surface area contributed by atoms with Crippen molar-refractivity contribution in [2.24, 2.45) is 0 Å². The van der Waals surface area contributed by atoms with Gasteiger partial charge in [0.15, 0.2) is 0 Å². The van der Waals surface area contributed by atoms with E-state index >= 15 is 0 Å². The van der Waals surface area contributed by atoms with E-state index in [0.717, 1.165) is 18.5 Å². The molecule has 1 N–H and O–H groups in total. The molecule has 0 saturated heterocycles. The predicted octanol–water partition coefficient (Wildman–Crippen LogP) is 2.20. The largest absolute Gasteiger partial charge is 0.313 e. The predicted molar refractivity (Wildman–Crippen MR) is 53.1 cm³/mol. The summed E-state index contributed by atoms with van der Waals surface area (Å²) in [5.74, 6) is -0.360. The van der Waals surface area contributed by atoms with E-state index in [9.17, 15) is 4.39 Å². The Morgan fingerprint density at radius 2 is 2.29 bits per heavy atom. The Bertz CT molecular complexity index is 342. The Balaban J connectivity index is 2.72. The van der Waals surface area contributed by atoms with Gasteiger partial charge in [0.1, 0.15) is 5.82 Å². The molecule has 1 rings (SSSR count). The molecule has 14 heavy (non-hydrogen) atoms. The van der Waals surface area contributed by atoms with Gasteiger partial charge in [-0.3, -0.25) is 0 Å². The lowest BCUT2D eigenvalue weighted by atomic mass is 10.1. The van der Waals surface area contributed by atoms with E-state index in [1.165, 1.54) is 12.1 Å². The number of nitriles is 1. The molecule has 1 aromatic rings. The summed E-state index contributed by atoms with van der Waals surface area (Å²) < 4.78 is 12.8. The van der Waals surface area contributed by atoms with Gasteiger partial charge in [0.2, 0.25) is 0 Å². The van der Waals surface area contributed by atoms with Crippen LogP contribution in [0.3, 0.4) is 0 Å². The fourth-order valence-corrected chi connectivity index (χ4v) is 1.21. The standard InChI is InChI=1S/C11H13FN2/c1-2-5-14-8-9-3-4-11(12)6-10(9)7-13/h3-4,6,14H,2,5,8H2,1H3. The van der Waals surface area contributed by atoms with Crippen LogP contribution in [0, 0.1) is 17.1 Å². The quantitative estimate of drug-likeness (QED) is 0.742. The molecule has 0 aromatic heterocycles. The molecule has 0 fully saturated rings. The summed E-state index contributed by atoms with van der Waals surface area (Å²) in [5, 5.41) is 11.9. The van der Waals surface area contributed by atoms with Crippen molar-refractivity contribution in [3.8, 4) is 6.07 Å². The molecule has 0 bridgehead atoms. The molecule has 1 aromatic carbocycles. The van der Waals surface area contributed by atoms with Crippen LogP contribution in [-0.4, -0.2) is 6.54 Å². The summed E-state index contributed by atoms with van der Waals surface area (Å²) in [7, 11) is 0. The Hall–Kier alpha value is -1.40. The number of hydrogen-bond acceptors (Lipinski definition) is 2. The zero-order valence-electron chi connectivity index (χ0n) is 8.18. The van der Waals surface area contributed by atoms with Crippen molar-refractivity contribution in [3.63, 3.8) is 0 Å². The summed E-state index contributed by atoms with van der Waals surface area (Å²) in [6, 6.07) is 6.28. The first-order chi connectivity index (χ1) is 6.77. The first-order valence-electron chi connectivity index (χ1n) is 4.67. The third kappa shape index (κ3) is 2.82. The van der Waals surface area contributed by atoms with Gasteiger partial charge in [-0.25, -0.2) is 4.39 Å². The van der Waals surface area contributed by atoms with Crippen LogP contribution in [0.25, 0.3) is 0 Å². The van der Waals surface area contributed by atoms with Crippen LogP contribution in [0.1, 0.15) is 24.5 Å². The Labute approximate surface area is 83.4 Å². The average molecular weight is 192 g/mol. The molecule has 0 aliphatic rings. The van der Waals surface area contributed by atoms with E-state index in [1.54, 1.807) is 6.07 Å². The summed E-state index contributed by atoms with van der Waals surface area (Å²) in [6.45, 7) is 3.60. The zero-order valence-corrected chi connectivity index (χ0v) is 8.18. The number of nitrogens with one attached hydrogen (secondary N) is 1. The number of nitrogens with zero attached hydrogens (tertiary/aromatic N) is 1. The number of hydrogen-bond donors (Lipinski definition) is 1. The normalized spacial score (nSPS) is 9.79. The van der Waals surface area contributed by atoms with Crippen molar-refractivity contribution in [2.75, 3.05) is 6.54 Å². The molecule has 3 heteroatoms. The zero-order chi connectivity index (χ0) is 10.4. The van der Waals surface area contributed by atoms with E-state index in [-0.39, 0.29) is 5.82 Å². The van der Waals surface area contributed by atoms with Gasteiger partial charge in [-0.15, -0.1) is 0 Å². The highest BCUT2D eigenvalue weighted by atomic mass is 19.1. The molecule has 2 nitrogen and oxygen atoms in total. The maximum Gasteiger partial charge on any atom is 0.124 e. The van der Waals surface area contributed by atoms with E-state index in [1.807, 2.05) is 6.07 Å². The van der Waals surface area contributed by atoms with Gasteiger partial charge in [0.05, 0.1) is 11.6 Å². The fraction of sp³-hybridized carbons (Fsp3) is 0.364. The lowest BCUT2D eigenvalue weighted by molar-refractivity contribution is 0.623. The summed E-state index contributed by atoms with van der Waals surface area (Å²) in [5.41, 5.74) is 1.26. The minimum absolute atomic E-state index is 0.360. The van der Waals surface area contributed by atoms with Crippen molar-refractivity contribution in [2.45, 2.75) is 19.9 Å². The van der Waals surface area contributed by atoms with Crippen LogP contribution in [0.4, 0.5) is 4.39 Å². The van der Waals surface area contributed by atoms with Crippen molar-refractivity contribution < 1.29 is 4.39 Å². The molecule has 0 spiro atoms. The SMILES string of the molecule is CCCNCc1ccc(F)cc1C#N. The van der Waals surface area contributed by atoms with Crippen molar-refractivity contribution >= 4 is 0 Å². The highest BCUT2D eigenvalue weighted by Crippen LogP contribution is 2.09. The van der Waals surface area contributed by atoms with Crippen molar-refractivity contribution in [1.29, 1.82) is 5.26 Å². The summed E-state index contributed by atoms with van der Waals surface area (Å²) >= 11 is 0. The molecule has 0 heterocycles. The molecule has 0 amide bonds. The van der Waals surface area contributed by atoms with Gasteiger partial charge in [-0.2, -0.15) is 5.26 Å². The topological polar surface area (TPSA) is 35.8 Å². The first-order valence-corrected chi connectivity index (χ1v) is 4.67. The van der Waals surface area contributed by atoms with Gasteiger partial charge in [-0.1, -0.05) is 13.0 Å². The van der Waals surface area contributed by atoms with Crippen molar-refractivity contribution in [1.82, 2.24) is 5.32 Å². The highest BCUT2D eigenvalue weighted by Gasteiger charge is 2.02. The molecule has 0 aliphatic heterocycles. The smallest absolute Gasteiger partial charge is 0.124 e.